The minimum atomic E-state index is -2.40. The van der Waals surface area contributed by atoms with Crippen LogP contribution in [-0.2, 0) is 76.4 Å². The molecule has 7 aromatic rings. The Morgan fingerprint density at radius 3 is 2.42 bits per heavy atom. The van der Waals surface area contributed by atoms with Crippen LogP contribution in [0.5, 0.6) is 5.75 Å². The van der Waals surface area contributed by atoms with Crippen LogP contribution >= 0.6 is 21.6 Å². The summed E-state index contributed by atoms with van der Waals surface area (Å²) in [7, 11) is 6.38. The largest absolute Gasteiger partial charge is 0.496 e. The van der Waals surface area contributed by atoms with E-state index in [1.54, 1.807) is 25.4 Å². The standard InChI is InChI=1S/C82H104N14O18S2/c1-6-46-25-30-95-32-28-81-52-39-53(79(3)41-60-80(109,7-2)27-13-29-94(60)31-26-51-50-14-8-9-15-54(50)88-69(51)79)59(111-5)40-56(52)93(4)76(81)82(110,71(104)63(46)70(81)95)61(99)43-85-78(108)113-35-37-116-115-36-12-17-58(98)55(38-49-44-96(92-91-49)33-34-112-75-67(103)65(101)66(102)68(114-75)74(106)107)87-62(100)18-11-10-16-57(97)47-22-19-45(20-23-47)21-24-48-42-84-72-64(86-48)73(105)90-77(83)89-72/h8-9,14-15,19-20,22-23,25,39-40,42,44,55,60,63,65-68,70-71,75-76,88,101-104,109-110H,6-7,10-13,16-18,21,24,26-38,41,43H2,1-5H3,(H,85,108)(H,87,100)(H,106,107)(H3,83,84,89,90,105)/t55-,60?,63?,65-,66?,67-,68?,70-,71+,75?,76+,79+,80-,81+,82+/m0/s1. The number of ether oxygens (including phenoxy) is 4. The summed E-state index contributed by atoms with van der Waals surface area (Å²) in [5, 5.41) is 94.4. The minimum Gasteiger partial charge on any atom is -0.496 e. The van der Waals surface area contributed by atoms with Crippen molar-refractivity contribution in [3.05, 3.63) is 140 Å². The molecule has 1 saturated carbocycles. The maximum Gasteiger partial charge on any atom is 0.407 e. The molecule has 15 atom stereocenters. The molecule has 0 bridgehead atoms. The van der Waals surface area contributed by atoms with Gasteiger partial charge in [-0.25, -0.2) is 24.2 Å². The number of nitrogens with one attached hydrogen (secondary N) is 4. The third kappa shape index (κ3) is 16.2. The van der Waals surface area contributed by atoms with E-state index in [9.17, 15) is 64.5 Å². The number of piperidine rings is 1. The van der Waals surface area contributed by atoms with Crippen molar-refractivity contribution < 1.29 is 83.5 Å². The predicted octanol–water partition coefficient (Wildman–Crippen LogP) is 4.33. The number of aromatic nitrogens is 8. The van der Waals surface area contributed by atoms with Gasteiger partial charge in [-0.15, -0.1) is 5.10 Å². The number of aliphatic carboxylic acids is 1. The van der Waals surface area contributed by atoms with Crippen molar-refractivity contribution in [1.29, 1.82) is 0 Å². The third-order valence-electron chi connectivity index (χ3n) is 25.3. The van der Waals surface area contributed by atoms with Crippen molar-refractivity contribution in [2.75, 3.05) is 82.2 Å². The van der Waals surface area contributed by atoms with Gasteiger partial charge in [0.2, 0.25) is 11.9 Å². The number of H-pyrrole nitrogens is 2. The summed E-state index contributed by atoms with van der Waals surface area (Å²) >= 11 is 0. The predicted molar refractivity (Wildman–Crippen MR) is 431 cm³/mol. The van der Waals surface area contributed by atoms with E-state index in [1.165, 1.54) is 38.0 Å². The zero-order chi connectivity index (χ0) is 82.1. The van der Waals surface area contributed by atoms with Crippen molar-refractivity contribution in [2.45, 2.75) is 213 Å². The van der Waals surface area contributed by atoms with E-state index < -0.39 is 113 Å². The molecule has 2 amide bonds. The Labute approximate surface area is 677 Å². The molecule has 3 aromatic carbocycles. The van der Waals surface area contributed by atoms with Crippen LogP contribution in [0.2, 0.25) is 0 Å². The fourth-order valence-electron chi connectivity index (χ4n) is 19.5. The summed E-state index contributed by atoms with van der Waals surface area (Å²) in [4.78, 5) is 120. The number of rotatable bonds is 33. The zero-order valence-electron chi connectivity index (χ0n) is 65.8. The second-order valence-corrected chi connectivity index (χ2v) is 34.7. The average Bonchev–Trinajstić information content (AvgIpc) is 1.48. The molecule has 4 fully saturated rings. The third-order valence-corrected chi connectivity index (χ3v) is 27.8. The van der Waals surface area contributed by atoms with Gasteiger partial charge in [-0.05, 0) is 126 Å². The number of fused-ring (bicyclic) bond motifs is 6. The number of hydrogen-bond donors (Lipinski definition) is 12. The number of alkyl carbamates (subject to hydrolysis) is 1. The van der Waals surface area contributed by atoms with Gasteiger partial charge >= 0.3 is 12.1 Å². The molecule has 5 unspecified atom stereocenters. The first kappa shape index (κ1) is 83.7. The number of anilines is 2. The first-order chi connectivity index (χ1) is 55.7. The number of likely N-dealkylation sites (N-methyl/N-ethyl adjacent to an activating group) is 1. The van der Waals surface area contributed by atoms with Gasteiger partial charge in [0.25, 0.3) is 5.56 Å². The Bertz CT molecular complexity index is 4910. The van der Waals surface area contributed by atoms with Gasteiger partial charge in [-0.2, -0.15) is 4.98 Å². The van der Waals surface area contributed by atoms with Gasteiger partial charge in [-0.3, -0.25) is 38.8 Å². The first-order valence-corrected chi connectivity index (χ1v) is 42.6. The summed E-state index contributed by atoms with van der Waals surface area (Å²) in [6.07, 6.45) is 0.817. The number of unbranched alkanes of at least 4 members (excludes halogenated alkanes) is 1. The number of nitrogens with zero attached hydrogens (tertiary/aromatic N) is 9. The quantitative estimate of drug-likeness (QED) is 0.0118. The van der Waals surface area contributed by atoms with Gasteiger partial charge in [0.15, 0.2) is 46.5 Å². The number of nitrogen functional groups attached to an aromatic ring is 1. The summed E-state index contributed by atoms with van der Waals surface area (Å²) in [5.74, 6) is -2.39. The molecule has 1 aliphatic carbocycles. The Morgan fingerprint density at radius 1 is 0.862 bits per heavy atom. The smallest absolute Gasteiger partial charge is 0.407 e. The lowest BCUT2D eigenvalue weighted by Crippen LogP contribution is -2.78. The van der Waals surface area contributed by atoms with Crippen molar-refractivity contribution in [3.8, 4) is 5.75 Å². The number of hydrogen-bond acceptors (Lipinski definition) is 28. The van der Waals surface area contributed by atoms with Crippen molar-refractivity contribution in [2.24, 2.45) is 5.92 Å². The number of amides is 2. The van der Waals surface area contributed by atoms with E-state index in [2.05, 4.69) is 99.9 Å². The molecule has 14 rings (SSSR count). The molecule has 13 N–H and O–H groups in total. The number of Topliss-reactive ketones (excluding diaryl/α,β-unsaturated/α-hetero) is 3. The molecule has 6 aliphatic heterocycles. The summed E-state index contributed by atoms with van der Waals surface area (Å²) < 4.78 is 24.2. The molecular formula is C82H104N14O18S2. The van der Waals surface area contributed by atoms with Gasteiger partial charge in [0.05, 0.1) is 62.1 Å². The summed E-state index contributed by atoms with van der Waals surface area (Å²) in [6, 6.07) is 17.4. The number of aromatic amines is 2. The highest BCUT2D eigenvalue weighted by atomic mass is 33.1. The van der Waals surface area contributed by atoms with Crippen LogP contribution in [0.15, 0.2) is 89.5 Å². The van der Waals surface area contributed by atoms with Crippen LogP contribution in [-0.4, -0.2) is 265 Å². The number of aliphatic hydroxyl groups is 6. The molecular weight excluding hydrogens is 1530 g/mol. The number of carbonyl (C=O) groups excluding carboxylic acids is 5. The van der Waals surface area contributed by atoms with E-state index >= 15 is 4.79 Å². The number of aryl methyl sites for hydroxylation is 2. The van der Waals surface area contributed by atoms with Crippen LogP contribution < -0.4 is 31.6 Å². The number of ketones is 3. The van der Waals surface area contributed by atoms with Crippen LogP contribution in [0.4, 0.5) is 16.4 Å². The normalized spacial score (nSPS) is 27.8. The maximum atomic E-state index is 15.3. The molecule has 10 heterocycles. The monoisotopic (exact) mass is 1640 g/mol. The SMILES string of the molecule is CCC1=CCN2CC[C@]34c5cc([C@@]6(C)CC7N(CCC[C@@]7(O)CC)CCc7c6[nH]c6ccccc76)c(OC)cc5N(C)[C@H]3[C@@](O)(C(=O)CNC(=O)OCCSSCCCC(=O)[C@H](Cc3cn(CCOC5OC(C(=O)O)C(O)[C@H](O)[C@@H]5O)nn3)NC(=O)CCCCC(=O)c3ccc(CCc5cnc6nc(N)[nH]c(=O)c6n5)cc3)[C@H](O)C1[C@H]24. The van der Waals surface area contributed by atoms with Crippen LogP contribution in [0, 0.1) is 5.92 Å². The molecule has 116 heavy (non-hydrogen) atoms. The fraction of sp³-hybridized carbons (Fsp3) is 0.561. The lowest BCUT2D eigenvalue weighted by atomic mass is 9.52. The Balaban J connectivity index is 0.585. The number of aliphatic hydroxyl groups excluding tert-OH is 4. The van der Waals surface area contributed by atoms with E-state index in [4.69, 9.17) is 24.7 Å². The lowest BCUT2D eigenvalue weighted by molar-refractivity contribution is -0.294. The highest BCUT2D eigenvalue weighted by Gasteiger charge is 2.75. The Kier molecular flexibility index (Phi) is 25.3. The van der Waals surface area contributed by atoms with Gasteiger partial charge < -0.3 is 80.9 Å². The van der Waals surface area contributed by atoms with Crippen LogP contribution in [0.1, 0.15) is 148 Å². The molecule has 32 nitrogen and oxygen atoms in total. The fourth-order valence-corrected chi connectivity index (χ4v) is 21.4. The molecule has 34 heteroatoms. The minimum absolute atomic E-state index is 0.00181. The summed E-state index contributed by atoms with van der Waals surface area (Å²) in [5.41, 5.74) is 9.69. The van der Waals surface area contributed by atoms with E-state index in [1.807, 2.05) is 43.1 Å². The number of para-hydroxylation sites is 1. The van der Waals surface area contributed by atoms with Gasteiger partial charge in [0, 0.05) is 132 Å². The number of methoxy groups -OCH3 is 1. The molecule has 7 aliphatic rings. The average molecular weight is 1640 g/mol. The number of carboxylic acid groups (broad SMARTS) is 1. The van der Waals surface area contributed by atoms with Crippen molar-refractivity contribution >= 4 is 90.6 Å². The van der Waals surface area contributed by atoms with Crippen molar-refractivity contribution in [3.63, 3.8) is 0 Å². The highest BCUT2D eigenvalue weighted by molar-refractivity contribution is 8.76. The Morgan fingerprint density at radius 2 is 1.65 bits per heavy atom. The Hall–Kier alpha value is -8.78. The second-order valence-electron chi connectivity index (χ2n) is 32.0. The molecule has 3 saturated heterocycles. The second kappa shape index (κ2) is 35.0. The van der Waals surface area contributed by atoms with E-state index in [0.29, 0.717) is 112 Å². The topological polar surface area (TPSA) is 459 Å². The number of benzene rings is 3. The van der Waals surface area contributed by atoms with Crippen LogP contribution in [0.25, 0.3) is 22.1 Å². The van der Waals surface area contributed by atoms with Gasteiger partial charge in [-0.1, -0.05) is 94.8 Å². The van der Waals surface area contributed by atoms with E-state index in [0.717, 1.165) is 70.5 Å². The number of carboxylic acids is 1. The highest BCUT2D eigenvalue weighted by Crippen LogP contribution is 2.65. The molecule has 622 valence electrons. The maximum absolute atomic E-state index is 15.3. The zero-order valence-corrected chi connectivity index (χ0v) is 67.4. The molecule has 0 radical (unpaired) electrons. The summed E-state index contributed by atoms with van der Waals surface area (Å²) in [6.45, 7) is 8.45. The van der Waals surface area contributed by atoms with E-state index in [-0.39, 0.29) is 86.2 Å². The lowest BCUT2D eigenvalue weighted by Gasteiger charge is -2.59. The van der Waals surface area contributed by atoms with Crippen molar-refractivity contribution in [1.82, 2.24) is 60.3 Å². The molecule has 1 spiro atoms. The van der Waals surface area contributed by atoms with Crippen LogP contribution in [0.3, 0.4) is 0 Å². The molecule has 4 aromatic heterocycles. The van der Waals surface area contributed by atoms with Gasteiger partial charge in [0.1, 0.15) is 36.8 Å². The number of nitrogens with two attached hydrogens (primary N) is 1. The number of carbonyl (C=O) groups is 6. The first-order valence-electron chi connectivity index (χ1n) is 40.2.